The first-order chi connectivity index (χ1) is 14.9. The predicted octanol–water partition coefficient (Wildman–Crippen LogP) is 3.81. The minimum atomic E-state index is -0.678. The van der Waals surface area contributed by atoms with Gasteiger partial charge in [-0.15, -0.1) is 0 Å². The molecule has 2 aromatic carbocycles. The Bertz CT molecular complexity index is 1040. The number of hydrogen-bond acceptors (Lipinski definition) is 5. The van der Waals surface area contributed by atoms with Crippen LogP contribution in [0.15, 0.2) is 48.0 Å². The van der Waals surface area contributed by atoms with Gasteiger partial charge in [-0.25, -0.2) is 0 Å². The van der Waals surface area contributed by atoms with Gasteiger partial charge in [-0.3, -0.25) is 9.59 Å². The molecule has 0 spiro atoms. The van der Waals surface area contributed by atoms with Crippen molar-refractivity contribution in [2.45, 2.75) is 32.2 Å². The van der Waals surface area contributed by atoms with Gasteiger partial charge in [0.15, 0.2) is 0 Å². The number of nitrogens with zero attached hydrogens (tertiary/aromatic N) is 1. The summed E-state index contributed by atoms with van der Waals surface area (Å²) in [6.07, 6.45) is 0.749. The number of ketones is 1. The molecule has 2 aromatic rings. The minimum Gasteiger partial charge on any atom is -0.507 e. The van der Waals surface area contributed by atoms with E-state index in [2.05, 4.69) is 13.8 Å². The average Bonchev–Trinajstić information content (AvgIpc) is 3.34. The molecule has 31 heavy (non-hydrogen) atoms. The highest BCUT2D eigenvalue weighted by Crippen LogP contribution is 2.40. The number of amides is 1. The lowest BCUT2D eigenvalue weighted by atomic mass is 9.93. The smallest absolute Gasteiger partial charge is 0.295 e. The summed E-state index contributed by atoms with van der Waals surface area (Å²) in [4.78, 5) is 27.4. The number of aliphatic hydroxyl groups excluding tert-OH is 1. The Hall–Kier alpha value is -3.12. The van der Waals surface area contributed by atoms with E-state index in [0.29, 0.717) is 24.7 Å². The monoisotopic (exact) mass is 421 g/mol. The average molecular weight is 421 g/mol. The first-order valence-electron chi connectivity index (χ1n) is 10.6. The van der Waals surface area contributed by atoms with Gasteiger partial charge < -0.3 is 19.5 Å². The van der Waals surface area contributed by atoms with E-state index < -0.39 is 17.7 Å². The molecular formula is C25H27NO5. The van der Waals surface area contributed by atoms with Crippen molar-refractivity contribution < 1.29 is 24.2 Å². The van der Waals surface area contributed by atoms with Crippen LogP contribution in [0.5, 0.6) is 5.75 Å². The summed E-state index contributed by atoms with van der Waals surface area (Å²) in [5.41, 5.74) is 3.55. The molecule has 1 saturated heterocycles. The fourth-order valence-electron chi connectivity index (χ4n) is 4.20. The van der Waals surface area contributed by atoms with Crippen molar-refractivity contribution in [3.8, 4) is 5.75 Å². The molecule has 1 atom stereocenters. The number of fused-ring (bicyclic) bond motifs is 1. The maximum Gasteiger partial charge on any atom is 0.295 e. The maximum atomic E-state index is 13.0. The van der Waals surface area contributed by atoms with Crippen molar-refractivity contribution in [2.75, 3.05) is 26.9 Å². The molecule has 6 heteroatoms. The second-order valence-electron chi connectivity index (χ2n) is 8.23. The predicted molar refractivity (Wildman–Crippen MR) is 117 cm³/mol. The van der Waals surface area contributed by atoms with Crippen molar-refractivity contribution in [2.24, 2.45) is 0 Å². The Kier molecular flexibility index (Phi) is 5.83. The van der Waals surface area contributed by atoms with Crippen molar-refractivity contribution in [1.82, 2.24) is 4.90 Å². The van der Waals surface area contributed by atoms with Crippen molar-refractivity contribution in [1.29, 1.82) is 0 Å². The van der Waals surface area contributed by atoms with Gasteiger partial charge in [0, 0.05) is 25.6 Å². The third kappa shape index (κ3) is 3.83. The second-order valence-corrected chi connectivity index (χ2v) is 8.23. The van der Waals surface area contributed by atoms with Gasteiger partial charge in [0.25, 0.3) is 11.7 Å². The number of carbonyl (C=O) groups excluding carboxylic acids is 2. The number of Topliss-reactive ketones (excluding diaryl/α,β-unsaturated/α-hetero) is 1. The summed E-state index contributed by atoms with van der Waals surface area (Å²) in [6.45, 7) is 5.37. The van der Waals surface area contributed by atoms with Crippen LogP contribution in [0, 0.1) is 0 Å². The lowest BCUT2D eigenvalue weighted by Crippen LogP contribution is -2.32. The van der Waals surface area contributed by atoms with Crippen LogP contribution in [0.3, 0.4) is 0 Å². The highest BCUT2D eigenvalue weighted by molar-refractivity contribution is 6.46. The molecule has 2 heterocycles. The maximum absolute atomic E-state index is 13.0. The van der Waals surface area contributed by atoms with E-state index >= 15 is 0 Å². The summed E-state index contributed by atoms with van der Waals surface area (Å²) in [6, 6.07) is 12.5. The molecule has 1 fully saturated rings. The SMILES string of the molecule is COCCN1C(=O)C(=O)/C(=C(\O)c2ccc3c(c2)CCO3)C1c1ccc(C(C)C)cc1. The lowest BCUT2D eigenvalue weighted by molar-refractivity contribution is -0.140. The Morgan fingerprint density at radius 1 is 1.19 bits per heavy atom. The van der Waals surface area contributed by atoms with E-state index in [0.717, 1.165) is 28.9 Å². The van der Waals surface area contributed by atoms with Gasteiger partial charge in [-0.2, -0.15) is 0 Å². The Morgan fingerprint density at radius 3 is 2.61 bits per heavy atom. The molecule has 2 aliphatic heterocycles. The normalized spacial score (nSPS) is 19.7. The number of benzene rings is 2. The van der Waals surface area contributed by atoms with Crippen LogP contribution in [-0.4, -0.2) is 48.6 Å². The zero-order valence-corrected chi connectivity index (χ0v) is 18.1. The topological polar surface area (TPSA) is 76.1 Å². The van der Waals surface area contributed by atoms with Gasteiger partial charge in [0.05, 0.1) is 24.8 Å². The molecule has 1 amide bonds. The number of ether oxygens (including phenoxy) is 2. The fraction of sp³-hybridized carbons (Fsp3) is 0.360. The van der Waals surface area contributed by atoms with Gasteiger partial charge >= 0.3 is 0 Å². The van der Waals surface area contributed by atoms with Gasteiger partial charge in [0.2, 0.25) is 0 Å². The molecule has 6 nitrogen and oxygen atoms in total. The van der Waals surface area contributed by atoms with Crippen LogP contribution >= 0.6 is 0 Å². The number of aliphatic hydroxyl groups is 1. The number of hydrogen-bond donors (Lipinski definition) is 1. The summed E-state index contributed by atoms with van der Waals surface area (Å²) in [7, 11) is 1.55. The molecule has 2 aliphatic rings. The van der Waals surface area contributed by atoms with Crippen molar-refractivity contribution in [3.05, 3.63) is 70.3 Å². The zero-order valence-electron chi connectivity index (χ0n) is 18.1. The molecule has 0 bridgehead atoms. The third-order valence-corrected chi connectivity index (χ3v) is 5.96. The molecule has 0 aliphatic carbocycles. The van der Waals surface area contributed by atoms with E-state index in [-0.39, 0.29) is 17.9 Å². The molecule has 1 unspecified atom stereocenters. The van der Waals surface area contributed by atoms with E-state index in [1.807, 2.05) is 30.3 Å². The van der Waals surface area contributed by atoms with Crippen LogP contribution in [0.25, 0.3) is 5.76 Å². The van der Waals surface area contributed by atoms with Gasteiger partial charge in [-0.05, 0) is 40.8 Å². The number of rotatable bonds is 6. The summed E-state index contributed by atoms with van der Waals surface area (Å²) < 4.78 is 10.7. The quantitative estimate of drug-likeness (QED) is 0.436. The largest absolute Gasteiger partial charge is 0.507 e. The first-order valence-corrected chi connectivity index (χ1v) is 10.6. The van der Waals surface area contributed by atoms with Crippen LogP contribution < -0.4 is 4.74 Å². The minimum absolute atomic E-state index is 0.109. The molecule has 0 saturated carbocycles. The van der Waals surface area contributed by atoms with Crippen LogP contribution in [0.4, 0.5) is 0 Å². The second kappa shape index (κ2) is 8.55. The number of likely N-dealkylation sites (tertiary alicyclic amines) is 1. The molecule has 0 radical (unpaired) electrons. The van der Waals surface area contributed by atoms with E-state index in [4.69, 9.17) is 9.47 Å². The molecular weight excluding hydrogens is 394 g/mol. The van der Waals surface area contributed by atoms with Crippen LogP contribution in [-0.2, 0) is 20.7 Å². The Balaban J connectivity index is 1.82. The van der Waals surface area contributed by atoms with Crippen LogP contribution in [0.2, 0.25) is 0 Å². The standard InChI is InChI=1S/C25H27NO5/c1-15(2)16-4-6-17(7-5-16)22-21(24(28)25(29)26(22)11-13-30-3)23(27)19-8-9-20-18(14-19)10-12-31-20/h4-9,14-15,22,27H,10-13H2,1-3H3/b23-21-. The summed E-state index contributed by atoms with van der Waals surface area (Å²) >= 11 is 0. The molecule has 162 valence electrons. The molecule has 4 rings (SSSR count). The number of carbonyl (C=O) groups is 2. The van der Waals surface area contributed by atoms with Crippen molar-refractivity contribution >= 4 is 17.4 Å². The molecule has 1 N–H and O–H groups in total. The summed E-state index contributed by atoms with van der Waals surface area (Å²) in [5.74, 6) is -0.310. The first kappa shape index (κ1) is 21.1. The van der Waals surface area contributed by atoms with Crippen molar-refractivity contribution in [3.63, 3.8) is 0 Å². The zero-order chi connectivity index (χ0) is 22.1. The highest BCUT2D eigenvalue weighted by atomic mass is 16.5. The Morgan fingerprint density at radius 2 is 1.94 bits per heavy atom. The van der Waals surface area contributed by atoms with E-state index in [1.165, 1.54) is 4.90 Å². The lowest BCUT2D eigenvalue weighted by Gasteiger charge is -2.25. The third-order valence-electron chi connectivity index (χ3n) is 5.96. The van der Waals surface area contributed by atoms with E-state index in [1.54, 1.807) is 19.2 Å². The van der Waals surface area contributed by atoms with Gasteiger partial charge in [0.1, 0.15) is 11.5 Å². The van der Waals surface area contributed by atoms with Gasteiger partial charge in [-0.1, -0.05) is 38.1 Å². The fourth-order valence-corrected chi connectivity index (χ4v) is 4.20. The Labute approximate surface area is 182 Å². The summed E-state index contributed by atoms with van der Waals surface area (Å²) in [5, 5.41) is 11.2. The van der Waals surface area contributed by atoms with Crippen LogP contribution in [0.1, 0.15) is 48.1 Å². The van der Waals surface area contributed by atoms with E-state index in [9.17, 15) is 14.7 Å². The highest BCUT2D eigenvalue weighted by Gasteiger charge is 2.45. The number of methoxy groups -OCH3 is 1. The molecule has 0 aromatic heterocycles.